The highest BCUT2D eigenvalue weighted by molar-refractivity contribution is 6.31. The lowest BCUT2D eigenvalue weighted by atomic mass is 9.91. The fraction of sp³-hybridized carbons (Fsp3) is 0.385. The van der Waals surface area contributed by atoms with Crippen LogP contribution in [0.2, 0.25) is 5.02 Å². The van der Waals surface area contributed by atoms with Crippen LogP contribution in [0.25, 0.3) is 22.2 Å². The molecule has 5 rings (SSSR count). The second-order valence-electron chi connectivity index (χ2n) is 9.10. The highest BCUT2D eigenvalue weighted by atomic mass is 35.5. The van der Waals surface area contributed by atoms with E-state index in [2.05, 4.69) is 15.1 Å². The first-order valence-corrected chi connectivity index (χ1v) is 12.1. The van der Waals surface area contributed by atoms with Crippen LogP contribution in [-0.2, 0) is 0 Å². The highest BCUT2D eigenvalue weighted by Gasteiger charge is 2.27. The van der Waals surface area contributed by atoms with Crippen LogP contribution in [0.1, 0.15) is 54.5 Å². The van der Waals surface area contributed by atoms with Crippen molar-refractivity contribution in [3.8, 4) is 16.9 Å². The molecular formula is C26H27ClF2N4O2. The minimum Gasteiger partial charge on any atom is -0.496 e. The second-order valence-corrected chi connectivity index (χ2v) is 9.48. The van der Waals surface area contributed by atoms with Crippen molar-refractivity contribution in [3.05, 3.63) is 64.5 Å². The van der Waals surface area contributed by atoms with Gasteiger partial charge in [0.15, 0.2) is 0 Å². The lowest BCUT2D eigenvalue weighted by Crippen LogP contribution is -2.22. The third-order valence-corrected chi connectivity index (χ3v) is 7.51. The van der Waals surface area contributed by atoms with Crippen molar-refractivity contribution >= 4 is 22.6 Å². The summed E-state index contributed by atoms with van der Waals surface area (Å²) < 4.78 is 36.2. The van der Waals surface area contributed by atoms with Gasteiger partial charge in [0, 0.05) is 46.1 Å². The number of ether oxygens (including phenoxy) is 1. The van der Waals surface area contributed by atoms with Gasteiger partial charge in [-0.2, -0.15) is 5.10 Å². The average molecular weight is 501 g/mol. The van der Waals surface area contributed by atoms with Crippen molar-refractivity contribution in [2.45, 2.75) is 50.7 Å². The molecule has 1 saturated carbocycles. The standard InChI is InChI=1S/C26H27ClF2N4O2/c1-14-20(13-32-33(14)16-3-5-17(34)6-4-16)15-9-18-21(12-31-26(18)30-11-15)19(10-28)24-23(35-2)8-7-22(29)25(24)27/h7-9,11-13,16-17,19,34H,3-6,10H2,1-2H3,(H,30,31)/t16-,17-,19-/m1/s1. The summed E-state index contributed by atoms with van der Waals surface area (Å²) in [5.41, 5.74) is 4.30. The van der Waals surface area contributed by atoms with E-state index in [1.54, 1.807) is 12.4 Å². The number of aliphatic hydroxyl groups excluding tert-OH is 1. The molecule has 1 fully saturated rings. The second kappa shape index (κ2) is 9.59. The number of nitrogens with one attached hydrogen (secondary N) is 1. The maximum absolute atomic E-state index is 14.5. The number of aliphatic hydroxyl groups is 1. The van der Waals surface area contributed by atoms with Crippen molar-refractivity contribution in [1.82, 2.24) is 19.7 Å². The number of alkyl halides is 1. The van der Waals surface area contributed by atoms with E-state index in [9.17, 15) is 13.9 Å². The summed E-state index contributed by atoms with van der Waals surface area (Å²) in [5.74, 6) is -1.14. The van der Waals surface area contributed by atoms with Gasteiger partial charge in [-0.1, -0.05) is 11.6 Å². The lowest BCUT2D eigenvalue weighted by molar-refractivity contribution is 0.107. The van der Waals surface area contributed by atoms with Crippen LogP contribution in [0, 0.1) is 12.7 Å². The number of aromatic nitrogens is 4. The maximum Gasteiger partial charge on any atom is 0.142 e. The van der Waals surface area contributed by atoms with Crippen molar-refractivity contribution in [1.29, 1.82) is 0 Å². The number of aromatic amines is 1. The molecular weight excluding hydrogens is 474 g/mol. The van der Waals surface area contributed by atoms with Crippen LogP contribution in [0.3, 0.4) is 0 Å². The van der Waals surface area contributed by atoms with E-state index in [0.29, 0.717) is 17.0 Å². The SMILES string of the molecule is COc1ccc(F)c(Cl)c1[C@H](CF)c1c[nH]c2ncc(-c3cnn([C@H]4CC[C@H](O)CC4)c3C)cc12. The van der Waals surface area contributed by atoms with Gasteiger partial charge in [-0.25, -0.2) is 9.37 Å². The molecule has 184 valence electrons. The summed E-state index contributed by atoms with van der Waals surface area (Å²) in [7, 11) is 1.45. The molecule has 35 heavy (non-hydrogen) atoms. The van der Waals surface area contributed by atoms with E-state index in [-0.39, 0.29) is 22.7 Å². The van der Waals surface area contributed by atoms with E-state index in [4.69, 9.17) is 16.3 Å². The smallest absolute Gasteiger partial charge is 0.142 e. The topological polar surface area (TPSA) is 76.0 Å². The molecule has 0 radical (unpaired) electrons. The first kappa shape index (κ1) is 23.8. The van der Waals surface area contributed by atoms with E-state index in [1.165, 1.54) is 19.2 Å². The lowest BCUT2D eigenvalue weighted by Gasteiger charge is -2.26. The van der Waals surface area contributed by atoms with Crippen LogP contribution in [-0.4, -0.2) is 44.7 Å². The first-order valence-electron chi connectivity index (χ1n) is 11.7. The number of halogens is 3. The Bertz CT molecular complexity index is 1360. The Kier molecular flexibility index (Phi) is 6.51. The molecule has 1 aliphatic carbocycles. The number of nitrogens with zero attached hydrogens (tertiary/aromatic N) is 3. The van der Waals surface area contributed by atoms with Gasteiger partial charge in [0.2, 0.25) is 0 Å². The number of hydrogen-bond acceptors (Lipinski definition) is 4. The fourth-order valence-electron chi connectivity index (χ4n) is 5.20. The van der Waals surface area contributed by atoms with E-state index < -0.39 is 18.4 Å². The van der Waals surface area contributed by atoms with Gasteiger partial charge in [-0.3, -0.25) is 9.07 Å². The molecule has 0 bridgehead atoms. The van der Waals surface area contributed by atoms with E-state index in [1.807, 2.05) is 23.9 Å². The van der Waals surface area contributed by atoms with Gasteiger partial charge >= 0.3 is 0 Å². The third kappa shape index (κ3) is 4.19. The Hall–Kier alpha value is -2.97. The molecule has 1 atom stereocenters. The predicted molar refractivity (Wildman–Crippen MR) is 131 cm³/mol. The van der Waals surface area contributed by atoms with Crippen LogP contribution in [0.5, 0.6) is 5.75 Å². The highest BCUT2D eigenvalue weighted by Crippen LogP contribution is 2.42. The van der Waals surface area contributed by atoms with Gasteiger partial charge in [0.05, 0.1) is 30.5 Å². The Labute approximate surface area is 206 Å². The molecule has 0 unspecified atom stereocenters. The summed E-state index contributed by atoms with van der Waals surface area (Å²) in [5, 5.41) is 15.0. The van der Waals surface area contributed by atoms with E-state index >= 15 is 0 Å². The summed E-state index contributed by atoms with van der Waals surface area (Å²) >= 11 is 6.28. The average Bonchev–Trinajstić information content (AvgIpc) is 3.46. The quantitative estimate of drug-likeness (QED) is 0.335. The predicted octanol–water partition coefficient (Wildman–Crippen LogP) is 6.11. The van der Waals surface area contributed by atoms with Gasteiger partial charge in [0.1, 0.15) is 23.9 Å². The van der Waals surface area contributed by atoms with Gasteiger partial charge < -0.3 is 14.8 Å². The molecule has 0 spiro atoms. The summed E-state index contributed by atoms with van der Waals surface area (Å²) in [6.45, 7) is 1.23. The zero-order valence-electron chi connectivity index (χ0n) is 19.6. The van der Waals surface area contributed by atoms with Crippen LogP contribution in [0.15, 0.2) is 36.8 Å². The first-order chi connectivity index (χ1) is 16.9. The Morgan fingerprint density at radius 2 is 2.03 bits per heavy atom. The van der Waals surface area contributed by atoms with Crippen LogP contribution in [0.4, 0.5) is 8.78 Å². The van der Waals surface area contributed by atoms with Crippen molar-refractivity contribution in [2.24, 2.45) is 0 Å². The minimum atomic E-state index is -0.837. The molecule has 2 N–H and O–H groups in total. The van der Waals surface area contributed by atoms with Crippen LogP contribution < -0.4 is 4.74 Å². The van der Waals surface area contributed by atoms with Crippen molar-refractivity contribution in [2.75, 3.05) is 13.8 Å². The fourth-order valence-corrected chi connectivity index (χ4v) is 5.49. The molecule has 1 aliphatic rings. The summed E-state index contributed by atoms with van der Waals surface area (Å²) in [6, 6.07) is 4.88. The minimum absolute atomic E-state index is 0.153. The Morgan fingerprint density at radius 1 is 1.26 bits per heavy atom. The number of fused-ring (bicyclic) bond motifs is 1. The Balaban J connectivity index is 1.56. The van der Waals surface area contributed by atoms with Crippen LogP contribution >= 0.6 is 11.6 Å². The number of methoxy groups -OCH3 is 1. The van der Waals surface area contributed by atoms with Gasteiger partial charge in [-0.15, -0.1) is 0 Å². The number of benzene rings is 1. The number of pyridine rings is 1. The zero-order chi connectivity index (χ0) is 24.7. The van der Waals surface area contributed by atoms with E-state index in [0.717, 1.165) is 47.9 Å². The van der Waals surface area contributed by atoms with Crippen molar-refractivity contribution < 1.29 is 18.6 Å². The molecule has 6 nitrogen and oxygen atoms in total. The molecule has 0 aliphatic heterocycles. The monoisotopic (exact) mass is 500 g/mol. The maximum atomic E-state index is 14.5. The third-order valence-electron chi connectivity index (χ3n) is 7.12. The Morgan fingerprint density at radius 3 is 2.74 bits per heavy atom. The molecule has 0 saturated heterocycles. The molecule has 3 aromatic heterocycles. The van der Waals surface area contributed by atoms with Crippen molar-refractivity contribution in [3.63, 3.8) is 0 Å². The number of H-pyrrole nitrogens is 1. The summed E-state index contributed by atoms with van der Waals surface area (Å²) in [4.78, 5) is 7.66. The molecule has 9 heteroatoms. The summed E-state index contributed by atoms with van der Waals surface area (Å²) in [6.07, 6.45) is 8.38. The molecule has 1 aromatic carbocycles. The van der Waals surface area contributed by atoms with Gasteiger partial charge in [0.25, 0.3) is 0 Å². The van der Waals surface area contributed by atoms with Gasteiger partial charge in [-0.05, 0) is 56.4 Å². The molecule has 3 heterocycles. The largest absolute Gasteiger partial charge is 0.496 e. The molecule has 0 amide bonds. The number of rotatable bonds is 6. The molecule has 4 aromatic rings. The normalized spacial score (nSPS) is 19.3. The zero-order valence-corrected chi connectivity index (χ0v) is 20.3. The number of hydrogen-bond donors (Lipinski definition) is 2.